The minimum absolute atomic E-state index is 0.131. The summed E-state index contributed by atoms with van der Waals surface area (Å²) in [7, 11) is -3.79. The first-order chi connectivity index (χ1) is 12.6. The van der Waals surface area contributed by atoms with Crippen molar-refractivity contribution < 1.29 is 17.6 Å². The van der Waals surface area contributed by atoms with Gasteiger partial charge in [0.1, 0.15) is 5.82 Å². The molecule has 1 atom stereocenters. The molecular formula is C20H25FN2O3S. The molecule has 5 nitrogen and oxygen atoms in total. The molecule has 0 aliphatic heterocycles. The maximum Gasteiger partial charge on any atom is 0.233 e. The highest BCUT2D eigenvalue weighted by molar-refractivity contribution is 7.92. The van der Waals surface area contributed by atoms with Gasteiger partial charge in [0.15, 0.2) is 0 Å². The molecule has 1 unspecified atom stereocenters. The van der Waals surface area contributed by atoms with Crippen LogP contribution in [0.2, 0.25) is 0 Å². The van der Waals surface area contributed by atoms with Crippen molar-refractivity contribution in [1.29, 1.82) is 0 Å². The number of carbonyl (C=O) groups excluding carboxylic acids is 1. The van der Waals surface area contributed by atoms with Crippen molar-refractivity contribution in [3.63, 3.8) is 0 Å². The highest BCUT2D eigenvalue weighted by Gasteiger charge is 2.27. The van der Waals surface area contributed by atoms with Crippen LogP contribution in [0.4, 0.5) is 10.1 Å². The SMILES string of the molecule is CC(CS(=O)(=O)Nc1cccc(F)c1)C(=O)NC(C)(C)Cc1ccccc1. The molecule has 0 fully saturated rings. The molecule has 0 spiro atoms. The van der Waals surface area contributed by atoms with E-state index in [0.29, 0.717) is 6.42 Å². The van der Waals surface area contributed by atoms with E-state index in [9.17, 15) is 17.6 Å². The highest BCUT2D eigenvalue weighted by atomic mass is 32.2. The van der Waals surface area contributed by atoms with E-state index in [-0.39, 0.29) is 11.6 Å². The van der Waals surface area contributed by atoms with Gasteiger partial charge in [-0.25, -0.2) is 12.8 Å². The Hall–Kier alpha value is -2.41. The molecule has 1 amide bonds. The smallest absolute Gasteiger partial charge is 0.233 e. The number of amides is 1. The molecule has 0 aliphatic carbocycles. The first kappa shape index (κ1) is 20.9. The fourth-order valence-electron chi connectivity index (χ4n) is 2.79. The van der Waals surface area contributed by atoms with Crippen LogP contribution in [-0.2, 0) is 21.2 Å². The molecule has 2 rings (SSSR count). The van der Waals surface area contributed by atoms with E-state index < -0.39 is 33.1 Å². The fourth-order valence-corrected chi connectivity index (χ4v) is 4.16. The summed E-state index contributed by atoms with van der Waals surface area (Å²) in [5, 5.41) is 2.91. The summed E-state index contributed by atoms with van der Waals surface area (Å²) in [4.78, 5) is 12.5. The lowest BCUT2D eigenvalue weighted by Gasteiger charge is -2.28. The van der Waals surface area contributed by atoms with Crippen molar-refractivity contribution in [3.8, 4) is 0 Å². The van der Waals surface area contributed by atoms with Crippen LogP contribution in [-0.4, -0.2) is 25.6 Å². The molecule has 2 aromatic rings. The fraction of sp³-hybridized carbons (Fsp3) is 0.350. The summed E-state index contributed by atoms with van der Waals surface area (Å²) in [6.45, 7) is 5.34. The van der Waals surface area contributed by atoms with Crippen molar-refractivity contribution in [3.05, 3.63) is 66.0 Å². The van der Waals surface area contributed by atoms with Gasteiger partial charge in [0.2, 0.25) is 15.9 Å². The normalized spacial score (nSPS) is 13.0. The summed E-state index contributed by atoms with van der Waals surface area (Å²) in [6.07, 6.45) is 0.626. The number of anilines is 1. The standard InChI is InChI=1S/C20H25FN2O3S/c1-15(14-27(25,26)23-18-11-7-10-17(21)12-18)19(24)22-20(2,3)13-16-8-5-4-6-9-16/h4-12,15,23H,13-14H2,1-3H3,(H,22,24). The maximum absolute atomic E-state index is 13.2. The Bertz CT molecular complexity index is 883. The molecule has 0 aliphatic rings. The summed E-state index contributed by atoms with van der Waals surface area (Å²) < 4.78 is 40.0. The largest absolute Gasteiger partial charge is 0.351 e. The number of rotatable bonds is 8. The van der Waals surface area contributed by atoms with Crippen LogP contribution in [0.15, 0.2) is 54.6 Å². The number of hydrogen-bond acceptors (Lipinski definition) is 3. The molecule has 0 saturated carbocycles. The van der Waals surface area contributed by atoms with Crippen molar-refractivity contribution in [1.82, 2.24) is 5.32 Å². The molecule has 2 aromatic carbocycles. The molecule has 146 valence electrons. The zero-order valence-electron chi connectivity index (χ0n) is 15.7. The summed E-state index contributed by atoms with van der Waals surface area (Å²) in [6, 6.07) is 14.9. The number of hydrogen-bond donors (Lipinski definition) is 2. The minimum atomic E-state index is -3.79. The van der Waals surface area contributed by atoms with Gasteiger partial charge in [-0.1, -0.05) is 43.3 Å². The minimum Gasteiger partial charge on any atom is -0.351 e. The lowest BCUT2D eigenvalue weighted by molar-refractivity contribution is -0.125. The second-order valence-corrected chi connectivity index (χ2v) is 9.10. The molecule has 27 heavy (non-hydrogen) atoms. The Balaban J connectivity index is 1.95. The van der Waals surface area contributed by atoms with E-state index in [1.54, 1.807) is 6.92 Å². The third-order valence-electron chi connectivity index (χ3n) is 3.97. The number of sulfonamides is 1. The molecule has 0 saturated heterocycles. The van der Waals surface area contributed by atoms with Crippen LogP contribution in [0.25, 0.3) is 0 Å². The van der Waals surface area contributed by atoms with Crippen molar-refractivity contribution >= 4 is 21.6 Å². The Morgan fingerprint density at radius 3 is 2.41 bits per heavy atom. The number of halogens is 1. The van der Waals surface area contributed by atoms with Crippen LogP contribution in [0.1, 0.15) is 26.3 Å². The quantitative estimate of drug-likeness (QED) is 0.723. The van der Waals surface area contributed by atoms with Gasteiger partial charge < -0.3 is 5.32 Å². The molecule has 0 radical (unpaired) electrons. The Labute approximate surface area is 160 Å². The number of nitrogens with one attached hydrogen (secondary N) is 2. The van der Waals surface area contributed by atoms with Crippen molar-refractivity contribution in [2.75, 3.05) is 10.5 Å². The zero-order valence-corrected chi connectivity index (χ0v) is 16.5. The van der Waals surface area contributed by atoms with Crippen LogP contribution in [0.5, 0.6) is 0 Å². The third kappa shape index (κ3) is 7.02. The number of benzene rings is 2. The van der Waals surface area contributed by atoms with Crippen LogP contribution in [0.3, 0.4) is 0 Å². The van der Waals surface area contributed by atoms with E-state index in [2.05, 4.69) is 10.0 Å². The molecule has 0 heterocycles. The number of carbonyl (C=O) groups is 1. The Morgan fingerprint density at radius 1 is 1.11 bits per heavy atom. The van der Waals surface area contributed by atoms with Gasteiger partial charge in [-0.3, -0.25) is 9.52 Å². The van der Waals surface area contributed by atoms with Crippen LogP contribution < -0.4 is 10.0 Å². The average Bonchev–Trinajstić information content (AvgIpc) is 2.53. The van der Waals surface area contributed by atoms with Gasteiger partial charge in [0.05, 0.1) is 17.4 Å². The maximum atomic E-state index is 13.2. The lowest BCUT2D eigenvalue weighted by Crippen LogP contribution is -2.48. The molecule has 0 bridgehead atoms. The second-order valence-electron chi connectivity index (χ2n) is 7.33. The van der Waals surface area contributed by atoms with Crippen molar-refractivity contribution in [2.45, 2.75) is 32.7 Å². The van der Waals surface area contributed by atoms with Gasteiger partial charge in [-0.05, 0) is 44.0 Å². The summed E-state index contributed by atoms with van der Waals surface area (Å²) >= 11 is 0. The van der Waals surface area contributed by atoms with Gasteiger partial charge in [0.25, 0.3) is 0 Å². The second kappa shape index (κ2) is 8.52. The predicted octanol–water partition coefficient (Wildman–Crippen LogP) is 3.34. The van der Waals surface area contributed by atoms with E-state index in [0.717, 1.165) is 11.6 Å². The summed E-state index contributed by atoms with van der Waals surface area (Å²) in [5.41, 5.74) is 0.690. The van der Waals surface area contributed by atoms with Crippen LogP contribution in [0, 0.1) is 11.7 Å². The molecule has 7 heteroatoms. The van der Waals surface area contributed by atoms with E-state index in [4.69, 9.17) is 0 Å². The first-order valence-electron chi connectivity index (χ1n) is 8.68. The highest BCUT2D eigenvalue weighted by Crippen LogP contribution is 2.16. The first-order valence-corrected chi connectivity index (χ1v) is 10.3. The predicted molar refractivity (Wildman–Crippen MR) is 105 cm³/mol. The van der Waals surface area contributed by atoms with Gasteiger partial charge in [-0.2, -0.15) is 0 Å². The monoisotopic (exact) mass is 392 g/mol. The van der Waals surface area contributed by atoms with Gasteiger partial charge >= 0.3 is 0 Å². The Morgan fingerprint density at radius 2 is 1.78 bits per heavy atom. The van der Waals surface area contributed by atoms with E-state index >= 15 is 0 Å². The van der Waals surface area contributed by atoms with E-state index in [1.165, 1.54) is 18.2 Å². The van der Waals surface area contributed by atoms with Gasteiger partial charge in [-0.15, -0.1) is 0 Å². The Kier molecular flexibility index (Phi) is 6.59. The molecule has 0 aromatic heterocycles. The topological polar surface area (TPSA) is 75.3 Å². The lowest BCUT2D eigenvalue weighted by atomic mass is 9.94. The van der Waals surface area contributed by atoms with Crippen LogP contribution >= 0.6 is 0 Å². The van der Waals surface area contributed by atoms with Crippen molar-refractivity contribution in [2.24, 2.45) is 5.92 Å². The third-order valence-corrected chi connectivity index (χ3v) is 5.45. The molecular weight excluding hydrogens is 367 g/mol. The zero-order chi connectivity index (χ0) is 20.1. The summed E-state index contributed by atoms with van der Waals surface area (Å²) in [5.74, 6) is -2.04. The average molecular weight is 392 g/mol. The molecule has 2 N–H and O–H groups in total. The van der Waals surface area contributed by atoms with E-state index in [1.807, 2.05) is 44.2 Å². The van der Waals surface area contributed by atoms with Gasteiger partial charge in [0, 0.05) is 5.54 Å².